The van der Waals surface area contributed by atoms with Gasteiger partial charge in [0, 0.05) is 32.2 Å². The Morgan fingerprint density at radius 2 is 2.16 bits per heavy atom. The number of rotatable bonds is 2. The highest BCUT2D eigenvalue weighted by atomic mass is 79.9. The van der Waals surface area contributed by atoms with E-state index in [0.717, 1.165) is 0 Å². The first-order valence-corrected chi connectivity index (χ1v) is 6.00. The number of carbonyl (C=O) groups is 1. The summed E-state index contributed by atoms with van der Waals surface area (Å²) in [5.41, 5.74) is 0.241. The Balaban J connectivity index is 2.53. The largest absolute Gasteiger partial charge is 0.450 e. The predicted octanol–water partition coefficient (Wildman–Crippen LogP) is 3.86. The van der Waals surface area contributed by atoms with Gasteiger partial charge in [0.2, 0.25) is 0 Å². The van der Waals surface area contributed by atoms with Gasteiger partial charge in [-0.25, -0.2) is 19.1 Å². The van der Waals surface area contributed by atoms with Crippen LogP contribution >= 0.6 is 15.9 Å². The summed E-state index contributed by atoms with van der Waals surface area (Å²) in [6.45, 7) is 1.36. The third-order valence-corrected chi connectivity index (χ3v) is 3.06. The van der Waals surface area contributed by atoms with Crippen molar-refractivity contribution in [3.63, 3.8) is 0 Å². The van der Waals surface area contributed by atoms with Crippen LogP contribution in [0.4, 0.5) is 19.5 Å². The van der Waals surface area contributed by atoms with Crippen molar-refractivity contribution >= 4 is 38.6 Å². The van der Waals surface area contributed by atoms with Crippen molar-refractivity contribution in [2.75, 3.05) is 5.32 Å². The van der Waals surface area contributed by atoms with E-state index in [1.807, 2.05) is 0 Å². The van der Waals surface area contributed by atoms with Crippen LogP contribution in [-0.4, -0.2) is 16.1 Å². The number of pyridine rings is 2. The second kappa shape index (κ2) is 5.43. The van der Waals surface area contributed by atoms with E-state index < -0.39 is 12.3 Å². The Kier molecular flexibility index (Phi) is 3.89. The first-order valence-electron chi connectivity index (χ1n) is 5.20. The van der Waals surface area contributed by atoms with E-state index in [-0.39, 0.29) is 11.5 Å². The van der Waals surface area contributed by atoms with E-state index in [2.05, 4.69) is 36.2 Å². The molecule has 5 nitrogen and oxygen atoms in total. The van der Waals surface area contributed by atoms with Crippen LogP contribution in [-0.2, 0) is 4.94 Å². The van der Waals surface area contributed by atoms with Crippen LogP contribution in [0.1, 0.15) is 18.8 Å². The average molecular weight is 332 g/mol. The second-order valence-electron chi connectivity index (χ2n) is 3.71. The lowest BCUT2D eigenvalue weighted by molar-refractivity contribution is -0.0544. The minimum Gasteiger partial charge on any atom is -0.273 e. The fraction of sp³-hybridized carbons (Fsp3) is 0.182. The zero-order chi connectivity index (χ0) is 14.0. The van der Waals surface area contributed by atoms with Gasteiger partial charge in [0.05, 0.1) is 5.69 Å². The zero-order valence-electron chi connectivity index (χ0n) is 9.65. The smallest absolute Gasteiger partial charge is 0.273 e. The van der Waals surface area contributed by atoms with E-state index in [1.165, 1.54) is 25.4 Å². The van der Waals surface area contributed by atoms with Gasteiger partial charge in [0.15, 0.2) is 0 Å². The topological polar surface area (TPSA) is 64.1 Å². The monoisotopic (exact) mass is 331 g/mol. The Labute approximate surface area is 115 Å². The molecule has 0 fully saturated rings. The molecule has 0 aliphatic carbocycles. The molecule has 1 N–H and O–H groups in total. The van der Waals surface area contributed by atoms with Gasteiger partial charge in [-0.05, 0) is 28.9 Å². The molecule has 0 aliphatic heterocycles. The first-order chi connectivity index (χ1) is 9.02. The fourth-order valence-electron chi connectivity index (χ4n) is 1.63. The number of hydrogen-bond donors (Lipinski definition) is 1. The highest BCUT2D eigenvalue weighted by Gasteiger charge is 2.14. The fourth-order valence-corrected chi connectivity index (χ4v) is 2.06. The lowest BCUT2D eigenvalue weighted by Crippen LogP contribution is -2.10. The Morgan fingerprint density at radius 3 is 2.79 bits per heavy atom. The molecule has 1 unspecified atom stereocenters. The van der Waals surface area contributed by atoms with Gasteiger partial charge in [-0.3, -0.25) is 10.3 Å². The van der Waals surface area contributed by atoms with Gasteiger partial charge in [0.1, 0.15) is 12.0 Å². The molecule has 0 spiro atoms. The molecule has 2 aromatic rings. The molecule has 2 aromatic heterocycles. The minimum absolute atomic E-state index is 0.0829. The maximum Gasteiger partial charge on any atom is 0.450 e. The number of amides is 1. The molecule has 2 heterocycles. The summed E-state index contributed by atoms with van der Waals surface area (Å²) in [6.07, 6.45) is 0.264. The number of alkyl halides is 1. The summed E-state index contributed by atoms with van der Waals surface area (Å²) in [5.74, 6) is 0.0829. The van der Waals surface area contributed by atoms with Crippen LogP contribution < -0.4 is 5.32 Å². The van der Waals surface area contributed by atoms with Crippen LogP contribution in [0.25, 0.3) is 10.8 Å². The normalized spacial score (nSPS) is 12.2. The van der Waals surface area contributed by atoms with Crippen molar-refractivity contribution in [1.82, 2.24) is 9.97 Å². The molecular weight excluding hydrogens is 324 g/mol. The average Bonchev–Trinajstić information content (AvgIpc) is 2.39. The molecule has 0 radical (unpaired) electrons. The molecule has 19 heavy (non-hydrogen) atoms. The number of nitrogens with one attached hydrogen (secondary N) is 1. The maximum absolute atomic E-state index is 13.4. The molecule has 1 atom stereocenters. The highest BCUT2D eigenvalue weighted by Crippen LogP contribution is 2.30. The second-order valence-corrected chi connectivity index (χ2v) is 4.57. The molecule has 2 rings (SSSR count). The van der Waals surface area contributed by atoms with Crippen LogP contribution in [0.5, 0.6) is 0 Å². The third-order valence-electron chi connectivity index (χ3n) is 2.43. The predicted molar refractivity (Wildman–Crippen MR) is 68.0 cm³/mol. The standard InChI is InChI=1S/C11H8BrF2N3O2/c1-5(13)10-7-3-15-9(17-11(18)19-14)2-6(7)8(12)4-16-10/h2-5H,1H3,(H,15,17,18). The highest BCUT2D eigenvalue weighted by molar-refractivity contribution is 9.10. The van der Waals surface area contributed by atoms with Crippen molar-refractivity contribution in [2.24, 2.45) is 0 Å². The molecule has 0 aliphatic rings. The van der Waals surface area contributed by atoms with E-state index in [4.69, 9.17) is 0 Å². The summed E-state index contributed by atoms with van der Waals surface area (Å²) in [4.78, 5) is 21.6. The van der Waals surface area contributed by atoms with Crippen LogP contribution in [0.2, 0.25) is 0 Å². The summed E-state index contributed by atoms with van der Waals surface area (Å²) >= 11 is 3.27. The zero-order valence-corrected chi connectivity index (χ0v) is 11.2. The Hall–Kier alpha value is -1.83. The SMILES string of the molecule is CC(F)c1ncc(Br)c2cc(NC(=O)OF)ncc12. The van der Waals surface area contributed by atoms with Crippen molar-refractivity contribution in [3.8, 4) is 0 Å². The third kappa shape index (κ3) is 2.78. The number of hydrogen-bond acceptors (Lipinski definition) is 4. The molecule has 100 valence electrons. The van der Waals surface area contributed by atoms with Gasteiger partial charge in [-0.15, -0.1) is 0 Å². The van der Waals surface area contributed by atoms with Gasteiger partial charge in [0.25, 0.3) is 0 Å². The van der Waals surface area contributed by atoms with E-state index in [0.29, 0.717) is 15.2 Å². The summed E-state index contributed by atoms with van der Waals surface area (Å²) < 4.78 is 25.6. The van der Waals surface area contributed by atoms with Gasteiger partial charge in [-0.1, -0.05) is 0 Å². The number of anilines is 1. The molecule has 0 bridgehead atoms. The summed E-state index contributed by atoms with van der Waals surface area (Å²) in [5, 5.41) is 3.18. The quantitative estimate of drug-likeness (QED) is 0.907. The first kappa shape index (κ1) is 13.6. The van der Waals surface area contributed by atoms with Crippen molar-refractivity contribution in [1.29, 1.82) is 0 Å². The number of nitrogens with zero attached hydrogens (tertiary/aromatic N) is 2. The van der Waals surface area contributed by atoms with Gasteiger partial charge >= 0.3 is 6.09 Å². The minimum atomic E-state index is -1.28. The lowest BCUT2D eigenvalue weighted by atomic mass is 10.1. The van der Waals surface area contributed by atoms with Crippen LogP contribution in [0.15, 0.2) is 22.9 Å². The molecule has 8 heteroatoms. The number of fused-ring (bicyclic) bond motifs is 1. The molecule has 1 amide bonds. The van der Waals surface area contributed by atoms with Crippen molar-refractivity contribution < 1.29 is 18.7 Å². The van der Waals surface area contributed by atoms with E-state index >= 15 is 0 Å². The lowest BCUT2D eigenvalue weighted by Gasteiger charge is -2.09. The van der Waals surface area contributed by atoms with Crippen molar-refractivity contribution in [2.45, 2.75) is 13.1 Å². The van der Waals surface area contributed by atoms with Gasteiger partial charge < -0.3 is 0 Å². The number of halogens is 3. The van der Waals surface area contributed by atoms with E-state index in [1.54, 1.807) is 0 Å². The molecule has 0 saturated carbocycles. The Morgan fingerprint density at radius 1 is 1.42 bits per heavy atom. The van der Waals surface area contributed by atoms with Crippen molar-refractivity contribution in [3.05, 3.63) is 28.6 Å². The summed E-state index contributed by atoms with van der Waals surface area (Å²) in [7, 11) is 0. The molecule has 0 aromatic carbocycles. The molecular formula is C11H8BrF2N3O2. The van der Waals surface area contributed by atoms with Crippen LogP contribution in [0, 0.1) is 0 Å². The van der Waals surface area contributed by atoms with E-state index in [9.17, 15) is 13.7 Å². The van der Waals surface area contributed by atoms with Gasteiger partial charge in [-0.2, -0.15) is 0 Å². The number of aromatic nitrogens is 2. The summed E-state index contributed by atoms with van der Waals surface area (Å²) in [6, 6.07) is 1.46. The number of carbonyl (C=O) groups excluding carboxylic acids is 1. The maximum atomic E-state index is 13.4. The Bertz CT molecular complexity index is 637. The van der Waals surface area contributed by atoms with Crippen LogP contribution in [0.3, 0.4) is 0 Å². The molecule has 0 saturated heterocycles.